The van der Waals surface area contributed by atoms with E-state index >= 15 is 0 Å². The van der Waals surface area contributed by atoms with Gasteiger partial charge in [0.2, 0.25) is 0 Å². The number of carbonyl (C=O) groups excluding carboxylic acids is 1. The van der Waals surface area contributed by atoms with Crippen LogP contribution in [-0.2, 0) is 4.79 Å². The number of halogens is 2. The molecular formula is C9H6Cl2O. The van der Waals surface area contributed by atoms with Crippen LogP contribution in [-0.4, -0.2) is 6.29 Å². The lowest BCUT2D eigenvalue weighted by Gasteiger charge is -1.97. The van der Waals surface area contributed by atoms with Crippen molar-refractivity contribution in [2.45, 2.75) is 0 Å². The van der Waals surface area contributed by atoms with Gasteiger partial charge in [-0.2, -0.15) is 0 Å². The highest BCUT2D eigenvalue weighted by Gasteiger charge is 2.01. The summed E-state index contributed by atoms with van der Waals surface area (Å²) in [5, 5.41) is 0.315. The largest absolute Gasteiger partial charge is 0.297 e. The summed E-state index contributed by atoms with van der Waals surface area (Å²) in [5.74, 6) is 0. The van der Waals surface area contributed by atoms with Crippen LogP contribution in [0.3, 0.4) is 0 Å². The second kappa shape index (κ2) is 4.29. The molecule has 0 heterocycles. The maximum atomic E-state index is 10.2. The average Bonchev–Trinajstić information content (AvgIpc) is 2.17. The lowest BCUT2D eigenvalue weighted by atomic mass is 10.2. The van der Waals surface area contributed by atoms with Gasteiger partial charge in [-0.1, -0.05) is 53.5 Å². The van der Waals surface area contributed by atoms with E-state index in [1.54, 1.807) is 12.1 Å². The second-order valence-electron chi connectivity index (χ2n) is 2.15. The van der Waals surface area contributed by atoms with E-state index in [-0.39, 0.29) is 10.1 Å². The molecule has 0 aliphatic carbocycles. The van der Waals surface area contributed by atoms with Crippen LogP contribution in [0.4, 0.5) is 0 Å². The standard InChI is InChI=1S/C9H6Cl2O/c10-8(6-12)9(11)7-4-2-1-3-5-7/h1-6H/b9-8-. The minimum Gasteiger partial charge on any atom is -0.297 e. The molecule has 1 rings (SSSR count). The molecule has 0 aliphatic rings. The zero-order valence-electron chi connectivity index (χ0n) is 6.13. The molecule has 0 atom stereocenters. The summed E-state index contributed by atoms with van der Waals surface area (Å²) in [5.41, 5.74) is 0.747. The van der Waals surface area contributed by atoms with Crippen molar-refractivity contribution in [3.63, 3.8) is 0 Å². The summed E-state index contributed by atoms with van der Waals surface area (Å²) in [7, 11) is 0. The Morgan fingerprint density at radius 3 is 2.25 bits per heavy atom. The van der Waals surface area contributed by atoms with Crippen molar-refractivity contribution in [2.75, 3.05) is 0 Å². The smallest absolute Gasteiger partial charge is 0.162 e. The van der Waals surface area contributed by atoms with Crippen LogP contribution in [0, 0.1) is 0 Å². The van der Waals surface area contributed by atoms with Crippen LogP contribution in [0.15, 0.2) is 35.4 Å². The number of hydrogen-bond donors (Lipinski definition) is 0. The van der Waals surface area contributed by atoms with E-state index in [1.165, 1.54) is 0 Å². The summed E-state index contributed by atoms with van der Waals surface area (Å²) < 4.78 is 0. The highest BCUT2D eigenvalue weighted by atomic mass is 35.5. The molecule has 0 aromatic heterocycles. The second-order valence-corrected chi connectivity index (χ2v) is 2.93. The molecule has 0 fully saturated rings. The van der Waals surface area contributed by atoms with Gasteiger partial charge in [0, 0.05) is 0 Å². The van der Waals surface area contributed by atoms with Crippen LogP contribution in [0.25, 0.3) is 5.03 Å². The van der Waals surface area contributed by atoms with Crippen LogP contribution in [0.1, 0.15) is 5.56 Å². The van der Waals surface area contributed by atoms with Crippen molar-refractivity contribution in [1.29, 1.82) is 0 Å². The Labute approximate surface area is 80.6 Å². The van der Waals surface area contributed by atoms with Crippen LogP contribution in [0.5, 0.6) is 0 Å². The van der Waals surface area contributed by atoms with Crippen LogP contribution < -0.4 is 0 Å². The molecule has 12 heavy (non-hydrogen) atoms. The van der Waals surface area contributed by atoms with Gasteiger partial charge < -0.3 is 0 Å². The van der Waals surface area contributed by atoms with Gasteiger partial charge in [-0.3, -0.25) is 4.79 Å². The molecule has 3 heteroatoms. The molecule has 0 aliphatic heterocycles. The first-order valence-corrected chi connectivity index (χ1v) is 4.07. The van der Waals surface area contributed by atoms with Crippen molar-refractivity contribution in [1.82, 2.24) is 0 Å². The zero-order chi connectivity index (χ0) is 8.97. The Hall–Kier alpha value is -0.790. The maximum absolute atomic E-state index is 10.2. The molecule has 0 saturated carbocycles. The Morgan fingerprint density at radius 2 is 1.75 bits per heavy atom. The molecule has 0 saturated heterocycles. The first-order chi connectivity index (χ1) is 5.75. The van der Waals surface area contributed by atoms with E-state index in [0.29, 0.717) is 6.29 Å². The predicted octanol–water partition coefficient (Wildman–Crippen LogP) is 3.03. The van der Waals surface area contributed by atoms with E-state index in [0.717, 1.165) is 5.56 Å². The summed E-state index contributed by atoms with van der Waals surface area (Å²) in [6, 6.07) is 9.09. The quantitative estimate of drug-likeness (QED) is 0.530. The Morgan fingerprint density at radius 1 is 1.17 bits per heavy atom. The molecule has 0 spiro atoms. The molecule has 0 radical (unpaired) electrons. The third-order valence-electron chi connectivity index (χ3n) is 1.34. The van der Waals surface area contributed by atoms with Crippen molar-refractivity contribution >= 4 is 34.5 Å². The van der Waals surface area contributed by atoms with E-state index in [4.69, 9.17) is 23.2 Å². The molecule has 1 nitrogen and oxygen atoms in total. The van der Waals surface area contributed by atoms with E-state index in [1.807, 2.05) is 18.2 Å². The minimum absolute atomic E-state index is 0.0304. The highest BCUT2D eigenvalue weighted by molar-refractivity contribution is 6.58. The Balaban J connectivity index is 3.08. The number of benzene rings is 1. The van der Waals surface area contributed by atoms with Crippen molar-refractivity contribution in [2.24, 2.45) is 0 Å². The van der Waals surface area contributed by atoms with Crippen molar-refractivity contribution < 1.29 is 4.79 Å². The van der Waals surface area contributed by atoms with Crippen molar-refractivity contribution in [3.05, 3.63) is 40.9 Å². The first kappa shape index (κ1) is 9.30. The molecule has 1 aromatic rings. The first-order valence-electron chi connectivity index (χ1n) is 3.31. The van der Waals surface area contributed by atoms with Gasteiger partial charge in [0.1, 0.15) is 0 Å². The van der Waals surface area contributed by atoms with E-state index in [9.17, 15) is 4.79 Å². The van der Waals surface area contributed by atoms with Gasteiger partial charge in [-0.15, -0.1) is 0 Å². The topological polar surface area (TPSA) is 17.1 Å². The van der Waals surface area contributed by atoms with Crippen molar-refractivity contribution in [3.8, 4) is 0 Å². The van der Waals surface area contributed by atoms with Gasteiger partial charge in [0.05, 0.1) is 10.1 Å². The molecular weight excluding hydrogens is 195 g/mol. The summed E-state index contributed by atoms with van der Waals surface area (Å²) in [6.07, 6.45) is 0.525. The number of aldehydes is 1. The molecule has 0 amide bonds. The fourth-order valence-corrected chi connectivity index (χ4v) is 1.05. The Bertz CT molecular complexity index is 304. The third kappa shape index (κ3) is 2.10. The summed E-state index contributed by atoms with van der Waals surface area (Å²) >= 11 is 11.3. The van der Waals surface area contributed by atoms with Crippen LogP contribution in [0.2, 0.25) is 0 Å². The Kier molecular flexibility index (Phi) is 3.32. The highest BCUT2D eigenvalue weighted by Crippen LogP contribution is 2.23. The summed E-state index contributed by atoms with van der Waals surface area (Å²) in [6.45, 7) is 0. The average molecular weight is 201 g/mol. The summed E-state index contributed by atoms with van der Waals surface area (Å²) in [4.78, 5) is 10.2. The normalized spacial score (nSPS) is 12.2. The van der Waals surface area contributed by atoms with Gasteiger partial charge in [-0.05, 0) is 5.56 Å². The minimum atomic E-state index is 0.0304. The molecule has 0 bridgehead atoms. The van der Waals surface area contributed by atoms with E-state index in [2.05, 4.69) is 0 Å². The fraction of sp³-hybridized carbons (Fsp3) is 0. The zero-order valence-corrected chi connectivity index (χ0v) is 7.64. The van der Waals surface area contributed by atoms with Gasteiger partial charge >= 0.3 is 0 Å². The number of rotatable bonds is 2. The third-order valence-corrected chi connectivity index (χ3v) is 2.14. The molecule has 62 valence electrons. The SMILES string of the molecule is O=C/C(Cl)=C(/Cl)c1ccccc1. The van der Waals surface area contributed by atoms with Gasteiger partial charge in [0.25, 0.3) is 0 Å². The molecule has 0 N–H and O–H groups in total. The van der Waals surface area contributed by atoms with Gasteiger partial charge in [-0.25, -0.2) is 0 Å². The lowest BCUT2D eigenvalue weighted by Crippen LogP contribution is -1.80. The number of carbonyl (C=O) groups is 1. The van der Waals surface area contributed by atoms with Gasteiger partial charge in [0.15, 0.2) is 6.29 Å². The molecule has 0 unspecified atom stereocenters. The monoisotopic (exact) mass is 200 g/mol. The lowest BCUT2D eigenvalue weighted by molar-refractivity contribution is -0.104. The number of hydrogen-bond acceptors (Lipinski definition) is 1. The van der Waals surface area contributed by atoms with E-state index < -0.39 is 0 Å². The predicted molar refractivity (Wildman–Crippen MR) is 51.1 cm³/mol. The fourth-order valence-electron chi connectivity index (χ4n) is 0.774. The molecule has 1 aromatic carbocycles. The maximum Gasteiger partial charge on any atom is 0.162 e. The van der Waals surface area contributed by atoms with Crippen LogP contribution >= 0.6 is 23.2 Å². The number of allylic oxidation sites excluding steroid dienone is 1.